The summed E-state index contributed by atoms with van der Waals surface area (Å²) in [7, 11) is 0. The molecule has 0 aliphatic carbocycles. The smallest absolute Gasteiger partial charge is 0.137 e. The van der Waals surface area contributed by atoms with Crippen molar-refractivity contribution in [3.8, 4) is 0 Å². The normalized spacial score (nSPS) is 12.4. The minimum absolute atomic E-state index is 0.113. The molecule has 102 valence electrons. The van der Waals surface area contributed by atoms with Crippen LogP contribution in [0.15, 0.2) is 12.5 Å². The van der Waals surface area contributed by atoms with Gasteiger partial charge in [0, 0.05) is 16.6 Å². The molecule has 1 atom stereocenters. The lowest BCUT2D eigenvalue weighted by Crippen LogP contribution is -2.10. The first kappa shape index (κ1) is 14.2. The van der Waals surface area contributed by atoms with Crippen LogP contribution >= 0.6 is 22.9 Å². The number of nitrogens with zero attached hydrogens (tertiary/aromatic N) is 3. The summed E-state index contributed by atoms with van der Waals surface area (Å²) in [4.78, 5) is 14.0. The zero-order valence-corrected chi connectivity index (χ0v) is 12.8. The Bertz CT molecular complexity index is 555. The van der Waals surface area contributed by atoms with E-state index < -0.39 is 0 Å². The fourth-order valence-corrected chi connectivity index (χ4v) is 2.91. The van der Waals surface area contributed by atoms with Gasteiger partial charge >= 0.3 is 0 Å². The van der Waals surface area contributed by atoms with Gasteiger partial charge in [0.15, 0.2) is 0 Å². The molecule has 6 heteroatoms. The van der Waals surface area contributed by atoms with Gasteiger partial charge in [0.1, 0.15) is 22.3 Å². The summed E-state index contributed by atoms with van der Waals surface area (Å²) in [5, 5.41) is 4.95. The van der Waals surface area contributed by atoms with Crippen molar-refractivity contribution in [1.29, 1.82) is 0 Å². The third-order valence-electron chi connectivity index (χ3n) is 2.89. The van der Waals surface area contributed by atoms with E-state index in [0.29, 0.717) is 5.15 Å². The number of hydrogen-bond donors (Lipinski definition) is 1. The third kappa shape index (κ3) is 3.22. The number of aromatic nitrogens is 3. The lowest BCUT2D eigenvalue weighted by Gasteiger charge is -2.15. The van der Waals surface area contributed by atoms with Crippen LogP contribution in [0.2, 0.25) is 5.15 Å². The van der Waals surface area contributed by atoms with E-state index in [1.165, 1.54) is 11.2 Å². The van der Waals surface area contributed by atoms with Crippen LogP contribution in [-0.2, 0) is 12.8 Å². The highest BCUT2D eigenvalue weighted by atomic mass is 35.5. The molecule has 2 aromatic heterocycles. The fourth-order valence-electron chi connectivity index (χ4n) is 1.78. The largest absolute Gasteiger partial charge is 0.361 e. The van der Waals surface area contributed by atoms with Crippen molar-refractivity contribution >= 4 is 28.8 Å². The monoisotopic (exact) mass is 296 g/mol. The summed E-state index contributed by atoms with van der Waals surface area (Å²) in [5.41, 5.74) is 0.947. The van der Waals surface area contributed by atoms with Gasteiger partial charge in [0.25, 0.3) is 0 Å². The van der Waals surface area contributed by atoms with Crippen LogP contribution in [0.5, 0.6) is 0 Å². The molecule has 1 unspecified atom stereocenters. The molecule has 1 N–H and O–H groups in total. The van der Waals surface area contributed by atoms with Gasteiger partial charge in [-0.1, -0.05) is 25.4 Å². The number of halogens is 1. The highest BCUT2D eigenvalue weighted by Gasteiger charge is 2.14. The van der Waals surface area contributed by atoms with Crippen LogP contribution in [0.4, 0.5) is 5.82 Å². The summed E-state index contributed by atoms with van der Waals surface area (Å²) in [6, 6.07) is 0.113. The minimum atomic E-state index is 0.113. The maximum Gasteiger partial charge on any atom is 0.137 e. The van der Waals surface area contributed by atoms with Crippen molar-refractivity contribution in [1.82, 2.24) is 15.0 Å². The van der Waals surface area contributed by atoms with E-state index in [1.807, 2.05) is 13.1 Å². The Labute approximate surface area is 122 Å². The lowest BCUT2D eigenvalue weighted by molar-refractivity contribution is 0.850. The van der Waals surface area contributed by atoms with Crippen molar-refractivity contribution in [2.24, 2.45) is 0 Å². The summed E-state index contributed by atoms with van der Waals surface area (Å²) in [5.74, 6) is 0.795. The van der Waals surface area contributed by atoms with Crippen LogP contribution in [-0.4, -0.2) is 15.0 Å². The zero-order valence-electron chi connectivity index (χ0n) is 11.3. The van der Waals surface area contributed by atoms with E-state index in [9.17, 15) is 0 Å². The van der Waals surface area contributed by atoms with Crippen molar-refractivity contribution < 1.29 is 0 Å². The Morgan fingerprint density at radius 3 is 2.68 bits per heavy atom. The maximum absolute atomic E-state index is 6.08. The van der Waals surface area contributed by atoms with Gasteiger partial charge in [-0.25, -0.2) is 15.0 Å². The topological polar surface area (TPSA) is 50.7 Å². The van der Waals surface area contributed by atoms with Gasteiger partial charge in [-0.15, -0.1) is 11.3 Å². The number of aryl methyl sites for hydroxylation is 1. The second kappa shape index (κ2) is 6.30. The molecule has 0 radical (unpaired) electrons. The van der Waals surface area contributed by atoms with E-state index in [-0.39, 0.29) is 6.04 Å². The molecular formula is C13H17ClN4S. The van der Waals surface area contributed by atoms with E-state index >= 15 is 0 Å². The molecule has 19 heavy (non-hydrogen) atoms. The van der Waals surface area contributed by atoms with Crippen LogP contribution in [0.3, 0.4) is 0 Å². The molecule has 0 saturated carbocycles. The molecule has 4 nitrogen and oxygen atoms in total. The Morgan fingerprint density at radius 2 is 2.05 bits per heavy atom. The van der Waals surface area contributed by atoms with E-state index in [4.69, 9.17) is 11.6 Å². The predicted octanol–water partition coefficient (Wildman–Crippen LogP) is 3.88. The van der Waals surface area contributed by atoms with E-state index in [0.717, 1.165) is 29.2 Å². The van der Waals surface area contributed by atoms with Gasteiger partial charge in [-0.05, 0) is 19.8 Å². The van der Waals surface area contributed by atoms with Crippen molar-refractivity contribution in [2.75, 3.05) is 5.32 Å². The molecule has 0 spiro atoms. The minimum Gasteiger partial charge on any atom is -0.361 e. The van der Waals surface area contributed by atoms with Gasteiger partial charge in [0.2, 0.25) is 0 Å². The maximum atomic E-state index is 6.08. The van der Waals surface area contributed by atoms with Gasteiger partial charge in [-0.2, -0.15) is 0 Å². The molecule has 0 saturated heterocycles. The average molecular weight is 297 g/mol. The molecule has 2 heterocycles. The first-order chi connectivity index (χ1) is 9.15. The SMILES string of the molecule is CCc1cnc(C(C)Nc2ncnc(Cl)c2CC)s1. The number of nitrogens with one attached hydrogen (secondary N) is 1. The molecule has 0 bridgehead atoms. The second-order valence-electron chi connectivity index (χ2n) is 4.23. The van der Waals surface area contributed by atoms with E-state index in [1.54, 1.807) is 11.3 Å². The molecule has 0 amide bonds. The number of thiazole rings is 1. The average Bonchev–Trinajstić information content (AvgIpc) is 2.88. The summed E-state index contributed by atoms with van der Waals surface area (Å²) >= 11 is 7.81. The number of hydrogen-bond acceptors (Lipinski definition) is 5. The highest BCUT2D eigenvalue weighted by molar-refractivity contribution is 7.11. The Balaban J connectivity index is 2.18. The van der Waals surface area contributed by atoms with Crippen LogP contribution in [0, 0.1) is 0 Å². The second-order valence-corrected chi connectivity index (χ2v) is 5.73. The molecule has 0 aliphatic rings. The van der Waals surface area contributed by atoms with Crippen molar-refractivity contribution in [2.45, 2.75) is 39.7 Å². The fraction of sp³-hybridized carbons (Fsp3) is 0.462. The predicted molar refractivity (Wildman–Crippen MR) is 79.9 cm³/mol. The van der Waals surface area contributed by atoms with Gasteiger partial charge in [0.05, 0.1) is 6.04 Å². The number of rotatable bonds is 5. The first-order valence-corrected chi connectivity index (χ1v) is 7.55. The standard InChI is InChI=1S/C13H17ClN4S/c1-4-9-6-15-13(19-9)8(3)18-12-10(5-2)11(14)16-7-17-12/h6-8H,4-5H2,1-3H3,(H,16,17,18). The molecule has 0 aliphatic heterocycles. The first-order valence-electron chi connectivity index (χ1n) is 6.36. The molecule has 0 aromatic carbocycles. The zero-order chi connectivity index (χ0) is 13.8. The third-order valence-corrected chi connectivity index (χ3v) is 4.54. The quantitative estimate of drug-likeness (QED) is 0.851. The summed E-state index contributed by atoms with van der Waals surface area (Å²) < 4.78 is 0. The molecular weight excluding hydrogens is 280 g/mol. The van der Waals surface area contributed by atoms with Crippen LogP contribution in [0.1, 0.15) is 42.3 Å². The summed E-state index contributed by atoms with van der Waals surface area (Å²) in [6.45, 7) is 6.25. The van der Waals surface area contributed by atoms with E-state index in [2.05, 4.69) is 34.1 Å². The van der Waals surface area contributed by atoms with Crippen LogP contribution < -0.4 is 5.32 Å². The Kier molecular flexibility index (Phi) is 4.71. The van der Waals surface area contributed by atoms with Crippen molar-refractivity contribution in [3.63, 3.8) is 0 Å². The van der Waals surface area contributed by atoms with Gasteiger partial charge < -0.3 is 5.32 Å². The van der Waals surface area contributed by atoms with Crippen molar-refractivity contribution in [3.05, 3.63) is 33.1 Å². The number of anilines is 1. The molecule has 2 aromatic rings. The molecule has 2 rings (SSSR count). The van der Waals surface area contributed by atoms with Gasteiger partial charge in [-0.3, -0.25) is 0 Å². The summed E-state index contributed by atoms with van der Waals surface area (Å²) in [6.07, 6.45) is 5.23. The Hall–Kier alpha value is -1.20. The lowest BCUT2D eigenvalue weighted by atomic mass is 10.2. The molecule has 0 fully saturated rings. The Morgan fingerprint density at radius 1 is 1.26 bits per heavy atom. The van der Waals surface area contributed by atoms with Crippen LogP contribution in [0.25, 0.3) is 0 Å². The highest BCUT2D eigenvalue weighted by Crippen LogP contribution is 2.26.